The van der Waals surface area contributed by atoms with Crippen molar-refractivity contribution in [3.63, 3.8) is 0 Å². The minimum absolute atomic E-state index is 0.0120. The van der Waals surface area contributed by atoms with E-state index >= 15 is 0 Å². The molecule has 228 valence electrons. The number of hydrogen-bond acceptors (Lipinski definition) is 8. The Morgan fingerprint density at radius 2 is 1.73 bits per heavy atom. The maximum Gasteiger partial charge on any atom is 0.255 e. The molecule has 2 aromatic heterocycles. The lowest BCUT2D eigenvalue weighted by molar-refractivity contribution is 0.0303. The van der Waals surface area contributed by atoms with Crippen LogP contribution in [0.5, 0.6) is 5.75 Å². The van der Waals surface area contributed by atoms with Gasteiger partial charge in [-0.15, -0.1) is 0 Å². The SMILES string of the molecule is Cc1c(NC(=O)c2ccc3c(c2)OCC3(C)C)cccc1-c1nc(Nc2ccc(C(=O)N3CCOCC3)cc2)n2ccnc2n1. The number of rotatable bonds is 6. The van der Waals surface area contributed by atoms with Gasteiger partial charge in [-0.25, -0.2) is 4.98 Å². The number of carbonyl (C=O) groups is 2. The second-order valence-electron chi connectivity index (χ2n) is 11.9. The Morgan fingerprint density at radius 1 is 0.956 bits per heavy atom. The first-order chi connectivity index (χ1) is 21.8. The minimum Gasteiger partial charge on any atom is -0.492 e. The Morgan fingerprint density at radius 3 is 2.53 bits per heavy atom. The average Bonchev–Trinajstić information content (AvgIpc) is 3.66. The topological polar surface area (TPSA) is 123 Å². The van der Waals surface area contributed by atoms with E-state index in [0.29, 0.717) is 67.3 Å². The van der Waals surface area contributed by atoms with Crippen molar-refractivity contribution in [3.05, 3.63) is 95.3 Å². The molecule has 0 bridgehead atoms. The van der Waals surface area contributed by atoms with Crippen LogP contribution >= 0.6 is 0 Å². The fourth-order valence-corrected chi connectivity index (χ4v) is 5.69. The number of ether oxygens (including phenoxy) is 2. The summed E-state index contributed by atoms with van der Waals surface area (Å²) in [5.41, 5.74) is 5.15. The summed E-state index contributed by atoms with van der Waals surface area (Å²) < 4.78 is 13.0. The molecule has 0 aliphatic carbocycles. The van der Waals surface area contributed by atoms with Crippen LogP contribution in [-0.4, -0.2) is 69.0 Å². The molecule has 1 fully saturated rings. The van der Waals surface area contributed by atoms with E-state index in [-0.39, 0.29) is 17.2 Å². The number of aromatic nitrogens is 4. The normalized spacial score (nSPS) is 15.4. The van der Waals surface area contributed by atoms with Crippen LogP contribution in [0.4, 0.5) is 17.3 Å². The summed E-state index contributed by atoms with van der Waals surface area (Å²) in [6.07, 6.45) is 3.44. The third kappa shape index (κ3) is 5.46. The van der Waals surface area contributed by atoms with Crippen molar-refractivity contribution in [3.8, 4) is 17.1 Å². The van der Waals surface area contributed by atoms with Crippen LogP contribution in [0.3, 0.4) is 0 Å². The molecule has 5 aromatic rings. The van der Waals surface area contributed by atoms with Gasteiger partial charge in [-0.2, -0.15) is 9.97 Å². The van der Waals surface area contributed by atoms with E-state index in [1.807, 2.05) is 49.4 Å². The molecule has 0 atom stereocenters. The van der Waals surface area contributed by atoms with Crippen LogP contribution in [0.1, 0.15) is 45.7 Å². The minimum atomic E-state index is -0.228. The fourth-order valence-electron chi connectivity index (χ4n) is 5.69. The van der Waals surface area contributed by atoms with E-state index in [9.17, 15) is 9.59 Å². The highest BCUT2D eigenvalue weighted by Crippen LogP contribution is 2.39. The molecule has 11 nitrogen and oxygen atoms in total. The monoisotopic (exact) mass is 603 g/mol. The summed E-state index contributed by atoms with van der Waals surface area (Å²) >= 11 is 0. The van der Waals surface area contributed by atoms with Crippen LogP contribution in [-0.2, 0) is 10.2 Å². The number of anilines is 3. The maximum absolute atomic E-state index is 13.3. The molecule has 11 heteroatoms. The maximum atomic E-state index is 13.3. The molecule has 3 aromatic carbocycles. The zero-order valence-corrected chi connectivity index (χ0v) is 25.3. The van der Waals surface area contributed by atoms with E-state index in [1.54, 1.807) is 39.9 Å². The molecule has 2 aliphatic heterocycles. The highest BCUT2D eigenvalue weighted by atomic mass is 16.5. The summed E-state index contributed by atoms with van der Waals surface area (Å²) in [6, 6.07) is 18.6. The van der Waals surface area contributed by atoms with Crippen molar-refractivity contribution < 1.29 is 19.1 Å². The van der Waals surface area contributed by atoms with Crippen molar-refractivity contribution in [2.45, 2.75) is 26.2 Å². The number of imidazole rings is 1. The summed E-state index contributed by atoms with van der Waals surface area (Å²) in [7, 11) is 0. The Kier molecular flexibility index (Phi) is 7.17. The van der Waals surface area contributed by atoms with Crippen LogP contribution in [0.25, 0.3) is 17.2 Å². The number of amides is 2. The second-order valence-corrected chi connectivity index (χ2v) is 11.9. The average molecular weight is 604 g/mol. The van der Waals surface area contributed by atoms with Crippen LogP contribution in [0.15, 0.2) is 73.1 Å². The van der Waals surface area contributed by atoms with Crippen LogP contribution in [0, 0.1) is 6.92 Å². The van der Waals surface area contributed by atoms with Crippen LogP contribution < -0.4 is 15.4 Å². The predicted octanol–water partition coefficient (Wildman–Crippen LogP) is 5.24. The number of benzene rings is 3. The molecule has 2 N–H and O–H groups in total. The molecule has 0 radical (unpaired) electrons. The molecular formula is C34H33N7O4. The highest BCUT2D eigenvalue weighted by molar-refractivity contribution is 6.05. The largest absolute Gasteiger partial charge is 0.492 e. The van der Waals surface area contributed by atoms with Gasteiger partial charge in [-0.3, -0.25) is 14.0 Å². The first-order valence-electron chi connectivity index (χ1n) is 14.9. The lowest BCUT2D eigenvalue weighted by Gasteiger charge is -2.26. The van der Waals surface area contributed by atoms with Gasteiger partial charge in [-0.1, -0.05) is 32.0 Å². The number of fused-ring (bicyclic) bond motifs is 2. The van der Waals surface area contributed by atoms with E-state index in [4.69, 9.17) is 19.4 Å². The quantitative estimate of drug-likeness (QED) is 0.270. The second kappa shape index (κ2) is 11.3. The smallest absolute Gasteiger partial charge is 0.255 e. The third-order valence-electron chi connectivity index (χ3n) is 8.34. The summed E-state index contributed by atoms with van der Waals surface area (Å²) in [5, 5.41) is 6.40. The summed E-state index contributed by atoms with van der Waals surface area (Å²) in [6.45, 7) is 9.06. The van der Waals surface area contributed by atoms with E-state index in [0.717, 1.165) is 28.1 Å². The highest BCUT2D eigenvalue weighted by Gasteiger charge is 2.32. The van der Waals surface area contributed by atoms with Crippen molar-refractivity contribution in [1.82, 2.24) is 24.3 Å². The van der Waals surface area contributed by atoms with Crippen molar-refractivity contribution in [2.24, 2.45) is 0 Å². The zero-order chi connectivity index (χ0) is 31.1. The number of nitrogens with one attached hydrogen (secondary N) is 2. The van der Waals surface area contributed by atoms with Gasteiger partial charge >= 0.3 is 0 Å². The standard InChI is InChI=1S/C34H33N7O4/c1-21-25(5-4-6-27(21)37-30(42)23-9-12-26-28(19-23)45-20-34(26,2)3)29-38-32-35-13-14-41(32)33(39-29)36-24-10-7-22(8-11-24)31(43)40-15-17-44-18-16-40/h4-14,19H,15-18,20H2,1-3H3,(H,37,42)(H,35,36,38,39). The first kappa shape index (κ1) is 28.5. The molecule has 45 heavy (non-hydrogen) atoms. The van der Waals surface area contributed by atoms with Gasteiger partial charge in [0.05, 0.1) is 19.8 Å². The van der Waals surface area contributed by atoms with Gasteiger partial charge < -0.3 is 25.0 Å². The molecule has 1 saturated heterocycles. The summed E-state index contributed by atoms with van der Waals surface area (Å²) in [5.74, 6) is 1.94. The molecule has 0 saturated carbocycles. The van der Waals surface area contributed by atoms with Crippen LogP contribution in [0.2, 0.25) is 0 Å². The third-order valence-corrected chi connectivity index (χ3v) is 8.34. The molecule has 7 rings (SSSR count). The fraction of sp³-hybridized carbons (Fsp3) is 0.265. The van der Waals surface area contributed by atoms with Crippen molar-refractivity contribution >= 4 is 34.9 Å². The zero-order valence-electron chi connectivity index (χ0n) is 25.3. The number of carbonyl (C=O) groups excluding carboxylic acids is 2. The number of nitrogens with zero attached hydrogens (tertiary/aromatic N) is 5. The Labute approximate surface area is 260 Å². The van der Waals surface area contributed by atoms with Gasteiger partial charge in [0.2, 0.25) is 11.7 Å². The predicted molar refractivity (Wildman–Crippen MR) is 170 cm³/mol. The van der Waals surface area contributed by atoms with E-state index in [1.165, 1.54) is 0 Å². The van der Waals surface area contributed by atoms with Gasteiger partial charge in [0, 0.05) is 64.5 Å². The Hall–Kier alpha value is -5.29. The van der Waals surface area contributed by atoms with Gasteiger partial charge in [0.15, 0.2) is 5.82 Å². The van der Waals surface area contributed by atoms with Gasteiger partial charge in [-0.05, 0) is 55.0 Å². The first-order valence-corrected chi connectivity index (χ1v) is 14.9. The molecule has 2 aliphatic rings. The van der Waals surface area contributed by atoms with E-state index in [2.05, 4.69) is 29.5 Å². The Balaban J connectivity index is 1.13. The molecular weight excluding hydrogens is 570 g/mol. The molecule has 2 amide bonds. The molecule has 0 spiro atoms. The van der Waals surface area contributed by atoms with Crippen molar-refractivity contribution in [1.29, 1.82) is 0 Å². The number of morpholine rings is 1. The number of hydrogen-bond donors (Lipinski definition) is 2. The molecule has 0 unspecified atom stereocenters. The Bertz CT molecular complexity index is 1930. The lowest BCUT2D eigenvalue weighted by atomic mass is 9.86. The summed E-state index contributed by atoms with van der Waals surface area (Å²) in [4.78, 5) is 41.9. The lowest BCUT2D eigenvalue weighted by Crippen LogP contribution is -2.40. The van der Waals surface area contributed by atoms with Crippen molar-refractivity contribution in [2.75, 3.05) is 43.5 Å². The molecule has 4 heterocycles. The van der Waals surface area contributed by atoms with Gasteiger partial charge in [0.1, 0.15) is 5.75 Å². The van der Waals surface area contributed by atoms with E-state index < -0.39 is 0 Å². The van der Waals surface area contributed by atoms with Gasteiger partial charge in [0.25, 0.3) is 11.8 Å².